The molecule has 0 heterocycles. The van der Waals surface area contributed by atoms with E-state index in [1.807, 2.05) is 30.5 Å². The molecule has 1 nitrogen and oxygen atoms in total. The van der Waals surface area contributed by atoms with Gasteiger partial charge in [0.1, 0.15) is 0 Å². The fourth-order valence-electron chi connectivity index (χ4n) is 1.79. The minimum absolute atomic E-state index is 0.363. The highest BCUT2D eigenvalue weighted by Gasteiger charge is 2.30. The van der Waals surface area contributed by atoms with Gasteiger partial charge in [-0.15, -0.1) is 11.8 Å². The van der Waals surface area contributed by atoms with E-state index in [4.69, 9.17) is 0 Å². The highest BCUT2D eigenvalue weighted by molar-refractivity contribution is 7.98. The minimum atomic E-state index is -4.30. The second-order valence-electron chi connectivity index (χ2n) is 4.28. The van der Waals surface area contributed by atoms with Gasteiger partial charge in [0.25, 0.3) is 0 Å². The van der Waals surface area contributed by atoms with Crippen LogP contribution in [0.1, 0.15) is 11.1 Å². The molecule has 0 aromatic heterocycles. The molecule has 1 N–H and O–H groups in total. The van der Waals surface area contributed by atoms with E-state index in [-0.39, 0.29) is 0 Å². The molecule has 0 aliphatic rings. The molecule has 0 atom stereocenters. The van der Waals surface area contributed by atoms with E-state index < -0.39 is 11.7 Å². The van der Waals surface area contributed by atoms with Gasteiger partial charge in [-0.05, 0) is 42.2 Å². The Hall–Kier alpha value is -1.62. The first-order valence-electron chi connectivity index (χ1n) is 6.03. The van der Waals surface area contributed by atoms with E-state index in [1.165, 1.54) is 12.1 Å². The smallest absolute Gasteiger partial charge is 0.381 e. The second kappa shape index (κ2) is 6.22. The number of anilines is 1. The maximum absolute atomic E-state index is 12.6. The van der Waals surface area contributed by atoms with Crippen LogP contribution in [0.3, 0.4) is 0 Å². The van der Waals surface area contributed by atoms with Gasteiger partial charge < -0.3 is 5.32 Å². The summed E-state index contributed by atoms with van der Waals surface area (Å²) in [5.74, 6) is 0. The summed E-state index contributed by atoms with van der Waals surface area (Å²) >= 11 is 1.62. The standard InChI is InChI=1S/C15H14F3NS/c1-20-14-7-3-6-13(9-14)19-10-11-4-2-5-12(8-11)15(16,17)18/h2-9,19H,10H2,1H3. The zero-order valence-corrected chi connectivity index (χ0v) is 11.7. The van der Waals surface area contributed by atoms with Crippen molar-refractivity contribution in [2.24, 2.45) is 0 Å². The van der Waals surface area contributed by atoms with Crippen LogP contribution in [0.2, 0.25) is 0 Å². The lowest BCUT2D eigenvalue weighted by Gasteiger charge is -2.10. The molecular weight excluding hydrogens is 283 g/mol. The maximum Gasteiger partial charge on any atom is 0.416 e. The summed E-state index contributed by atoms with van der Waals surface area (Å²) in [5.41, 5.74) is 0.887. The van der Waals surface area contributed by atoms with Crippen LogP contribution in [0.4, 0.5) is 18.9 Å². The van der Waals surface area contributed by atoms with Crippen LogP contribution in [0.5, 0.6) is 0 Å². The summed E-state index contributed by atoms with van der Waals surface area (Å²) in [4.78, 5) is 1.11. The number of benzene rings is 2. The van der Waals surface area contributed by atoms with Gasteiger partial charge in [-0.1, -0.05) is 18.2 Å². The molecule has 0 bridgehead atoms. The average molecular weight is 297 g/mol. The van der Waals surface area contributed by atoms with Crippen LogP contribution >= 0.6 is 11.8 Å². The molecule has 0 unspecified atom stereocenters. The third-order valence-corrected chi connectivity index (χ3v) is 3.55. The molecular formula is C15H14F3NS. The van der Waals surface area contributed by atoms with Crippen LogP contribution in [0.25, 0.3) is 0 Å². The fraction of sp³-hybridized carbons (Fsp3) is 0.200. The molecule has 0 amide bonds. The van der Waals surface area contributed by atoms with E-state index in [1.54, 1.807) is 17.8 Å². The first kappa shape index (κ1) is 14.8. The molecule has 5 heteroatoms. The quantitative estimate of drug-likeness (QED) is 0.793. The molecule has 0 aliphatic heterocycles. The molecule has 0 fully saturated rings. The van der Waals surface area contributed by atoms with Crippen molar-refractivity contribution in [3.8, 4) is 0 Å². The predicted molar refractivity (Wildman–Crippen MR) is 77.0 cm³/mol. The first-order chi connectivity index (χ1) is 9.49. The third kappa shape index (κ3) is 3.93. The average Bonchev–Trinajstić information content (AvgIpc) is 2.45. The number of hydrogen-bond donors (Lipinski definition) is 1. The molecule has 0 radical (unpaired) electrons. The van der Waals surface area contributed by atoms with Crippen molar-refractivity contribution in [1.82, 2.24) is 0 Å². The molecule has 20 heavy (non-hydrogen) atoms. The van der Waals surface area contributed by atoms with Gasteiger partial charge in [0, 0.05) is 17.1 Å². The molecule has 0 spiro atoms. The van der Waals surface area contributed by atoms with Gasteiger partial charge in [0.15, 0.2) is 0 Å². The minimum Gasteiger partial charge on any atom is -0.381 e. The number of rotatable bonds is 4. The van der Waals surface area contributed by atoms with Crippen LogP contribution in [-0.2, 0) is 12.7 Å². The molecule has 2 aromatic rings. The van der Waals surface area contributed by atoms with E-state index in [9.17, 15) is 13.2 Å². The Kier molecular flexibility index (Phi) is 4.60. The summed E-state index contributed by atoms with van der Waals surface area (Å²) in [6, 6.07) is 13.1. The third-order valence-electron chi connectivity index (χ3n) is 2.82. The second-order valence-corrected chi connectivity index (χ2v) is 5.16. The summed E-state index contributed by atoms with van der Waals surface area (Å²) in [6.07, 6.45) is -2.32. The molecule has 0 saturated carbocycles. The van der Waals surface area contributed by atoms with Crippen molar-refractivity contribution >= 4 is 17.4 Å². The Morgan fingerprint density at radius 2 is 1.80 bits per heavy atom. The van der Waals surface area contributed by atoms with Crippen molar-refractivity contribution in [1.29, 1.82) is 0 Å². The summed E-state index contributed by atoms with van der Waals surface area (Å²) in [6.45, 7) is 0.363. The number of nitrogens with one attached hydrogen (secondary N) is 1. The van der Waals surface area contributed by atoms with Crippen molar-refractivity contribution in [3.63, 3.8) is 0 Å². The van der Waals surface area contributed by atoms with Crippen LogP contribution in [-0.4, -0.2) is 6.26 Å². The summed E-state index contributed by atoms with van der Waals surface area (Å²) in [7, 11) is 0. The van der Waals surface area contributed by atoms with E-state index in [0.717, 1.165) is 16.6 Å². The molecule has 2 aromatic carbocycles. The zero-order valence-electron chi connectivity index (χ0n) is 10.9. The van der Waals surface area contributed by atoms with E-state index in [0.29, 0.717) is 12.1 Å². The Balaban J connectivity index is 2.07. The molecule has 0 aliphatic carbocycles. The number of alkyl halides is 3. The van der Waals surface area contributed by atoms with E-state index >= 15 is 0 Å². The highest BCUT2D eigenvalue weighted by atomic mass is 32.2. The van der Waals surface area contributed by atoms with Gasteiger partial charge >= 0.3 is 6.18 Å². The van der Waals surface area contributed by atoms with Crippen molar-refractivity contribution in [2.75, 3.05) is 11.6 Å². The van der Waals surface area contributed by atoms with Gasteiger partial charge in [0.05, 0.1) is 5.56 Å². The van der Waals surface area contributed by atoms with Gasteiger partial charge in [0.2, 0.25) is 0 Å². The number of halogens is 3. The first-order valence-corrected chi connectivity index (χ1v) is 7.25. The predicted octanol–water partition coefficient (Wildman–Crippen LogP) is 5.04. The van der Waals surface area contributed by atoms with Crippen LogP contribution < -0.4 is 5.32 Å². The van der Waals surface area contributed by atoms with Crippen molar-refractivity contribution in [2.45, 2.75) is 17.6 Å². The summed E-state index contributed by atoms with van der Waals surface area (Å²) < 4.78 is 37.8. The molecule has 2 rings (SSSR count). The summed E-state index contributed by atoms with van der Waals surface area (Å²) in [5, 5.41) is 3.13. The lowest BCUT2D eigenvalue weighted by atomic mass is 10.1. The van der Waals surface area contributed by atoms with Crippen LogP contribution in [0.15, 0.2) is 53.4 Å². The lowest BCUT2D eigenvalue weighted by molar-refractivity contribution is -0.137. The number of hydrogen-bond acceptors (Lipinski definition) is 2. The maximum atomic E-state index is 12.6. The van der Waals surface area contributed by atoms with Crippen LogP contribution in [0, 0.1) is 0 Å². The van der Waals surface area contributed by atoms with Gasteiger partial charge in [-0.2, -0.15) is 13.2 Å². The fourth-order valence-corrected chi connectivity index (χ4v) is 2.25. The Morgan fingerprint density at radius 3 is 2.50 bits per heavy atom. The lowest BCUT2D eigenvalue weighted by Crippen LogP contribution is -2.06. The SMILES string of the molecule is CSc1cccc(NCc2cccc(C(F)(F)F)c2)c1. The number of thioether (sulfide) groups is 1. The largest absolute Gasteiger partial charge is 0.416 e. The molecule has 0 saturated heterocycles. The van der Waals surface area contributed by atoms with E-state index in [2.05, 4.69) is 5.32 Å². The monoisotopic (exact) mass is 297 g/mol. The highest BCUT2D eigenvalue weighted by Crippen LogP contribution is 2.29. The zero-order chi connectivity index (χ0) is 14.6. The van der Waals surface area contributed by atoms with Gasteiger partial charge in [-0.3, -0.25) is 0 Å². The normalized spacial score (nSPS) is 11.4. The Bertz CT molecular complexity index is 581. The van der Waals surface area contributed by atoms with Gasteiger partial charge in [-0.25, -0.2) is 0 Å². The molecule has 106 valence electrons. The van der Waals surface area contributed by atoms with Crippen molar-refractivity contribution < 1.29 is 13.2 Å². The topological polar surface area (TPSA) is 12.0 Å². The Labute approximate surface area is 120 Å². The Morgan fingerprint density at radius 1 is 1.05 bits per heavy atom. The van der Waals surface area contributed by atoms with Crippen molar-refractivity contribution in [3.05, 3.63) is 59.7 Å².